The lowest BCUT2D eigenvalue weighted by Gasteiger charge is -2.18. The van der Waals surface area contributed by atoms with Crippen molar-refractivity contribution in [3.8, 4) is 0 Å². The third-order valence-electron chi connectivity index (χ3n) is 4.50. The molecule has 0 aromatic heterocycles. The summed E-state index contributed by atoms with van der Waals surface area (Å²) in [5.41, 5.74) is 0.505. The molecule has 1 aliphatic heterocycles. The number of amidine groups is 1. The van der Waals surface area contributed by atoms with Gasteiger partial charge in [0.05, 0.1) is 4.90 Å². The lowest BCUT2D eigenvalue weighted by atomic mass is 10.0. The Balaban J connectivity index is 1.87. The first kappa shape index (κ1) is 17.9. The van der Waals surface area contributed by atoms with Crippen molar-refractivity contribution < 1.29 is 17.9 Å². The Kier molecular flexibility index (Phi) is 5.13. The van der Waals surface area contributed by atoms with E-state index in [1.807, 2.05) is 13.8 Å². The zero-order chi connectivity index (χ0) is 18.0. The maximum atomic E-state index is 12.6. The van der Waals surface area contributed by atoms with Crippen LogP contribution in [-0.2, 0) is 19.6 Å². The third kappa shape index (κ3) is 4.03. The molecular weight excluding hydrogens is 340 g/mol. The number of ether oxygens (including phenoxy) is 1. The van der Waals surface area contributed by atoms with Gasteiger partial charge < -0.3 is 4.74 Å². The summed E-state index contributed by atoms with van der Waals surface area (Å²) in [7, 11) is -3.61. The minimum Gasteiger partial charge on any atom is -0.461 e. The number of rotatable bonds is 5. The van der Waals surface area contributed by atoms with Crippen LogP contribution in [0.15, 0.2) is 34.2 Å². The average molecular weight is 364 g/mol. The summed E-state index contributed by atoms with van der Waals surface area (Å²) in [4.78, 5) is 17.2. The van der Waals surface area contributed by atoms with Crippen LogP contribution >= 0.6 is 0 Å². The van der Waals surface area contributed by atoms with Crippen LogP contribution in [0.4, 0.5) is 0 Å². The van der Waals surface area contributed by atoms with Crippen molar-refractivity contribution in [3.63, 3.8) is 0 Å². The Morgan fingerprint density at radius 3 is 2.64 bits per heavy atom. The molecule has 0 radical (unpaired) electrons. The van der Waals surface area contributed by atoms with Gasteiger partial charge >= 0.3 is 5.97 Å². The highest BCUT2D eigenvalue weighted by Gasteiger charge is 2.33. The van der Waals surface area contributed by atoms with E-state index in [1.165, 1.54) is 6.07 Å². The molecule has 6 nitrogen and oxygen atoms in total. The molecule has 0 bridgehead atoms. The van der Waals surface area contributed by atoms with E-state index in [2.05, 4.69) is 9.71 Å². The van der Waals surface area contributed by atoms with Crippen molar-refractivity contribution in [2.24, 2.45) is 10.9 Å². The summed E-state index contributed by atoms with van der Waals surface area (Å²) < 4.78 is 32.5. The number of hydrogen-bond acceptors (Lipinski definition) is 5. The van der Waals surface area contributed by atoms with Crippen LogP contribution in [0.1, 0.15) is 51.5 Å². The number of carbonyl (C=O) groups is 1. The summed E-state index contributed by atoms with van der Waals surface area (Å²) in [6.45, 7) is 4.01. The first-order valence-electron chi connectivity index (χ1n) is 8.77. The molecule has 1 aromatic carbocycles. The number of fused-ring (bicyclic) bond motifs is 1. The fourth-order valence-electron chi connectivity index (χ4n) is 3.28. The second kappa shape index (κ2) is 7.15. The molecule has 1 atom stereocenters. The number of esters is 1. The van der Waals surface area contributed by atoms with Crippen LogP contribution in [-0.4, -0.2) is 32.4 Å². The molecule has 0 saturated heterocycles. The van der Waals surface area contributed by atoms with Gasteiger partial charge in [0.15, 0.2) is 0 Å². The van der Waals surface area contributed by atoms with E-state index in [4.69, 9.17) is 4.74 Å². The molecule has 0 amide bonds. The van der Waals surface area contributed by atoms with Crippen LogP contribution in [0, 0.1) is 5.92 Å². The van der Waals surface area contributed by atoms with E-state index in [0.29, 0.717) is 12.0 Å². The lowest BCUT2D eigenvalue weighted by Crippen LogP contribution is -2.31. The molecule has 7 heteroatoms. The Hall–Kier alpha value is -1.89. The predicted molar refractivity (Wildman–Crippen MR) is 94.9 cm³/mol. The van der Waals surface area contributed by atoms with Gasteiger partial charge in [-0.2, -0.15) is 0 Å². The van der Waals surface area contributed by atoms with Gasteiger partial charge in [0, 0.05) is 5.56 Å². The monoisotopic (exact) mass is 364 g/mol. The predicted octanol–water partition coefficient (Wildman–Crippen LogP) is 2.63. The highest BCUT2D eigenvalue weighted by atomic mass is 32.2. The first-order valence-corrected chi connectivity index (χ1v) is 10.3. The highest BCUT2D eigenvalue weighted by molar-refractivity contribution is 7.90. The van der Waals surface area contributed by atoms with E-state index in [1.54, 1.807) is 18.2 Å². The lowest BCUT2D eigenvalue weighted by molar-refractivity contribution is -0.150. The number of sulfonamides is 1. The fourth-order valence-corrected chi connectivity index (χ4v) is 4.52. The number of benzene rings is 1. The minimum atomic E-state index is -3.61. The van der Waals surface area contributed by atoms with Gasteiger partial charge in [-0.1, -0.05) is 26.0 Å². The second-order valence-corrected chi connectivity index (χ2v) is 8.72. The summed E-state index contributed by atoms with van der Waals surface area (Å²) in [6, 6.07) is 5.95. The van der Waals surface area contributed by atoms with Crippen molar-refractivity contribution in [2.75, 3.05) is 0 Å². The zero-order valence-corrected chi connectivity index (χ0v) is 15.4. The van der Waals surface area contributed by atoms with Crippen LogP contribution in [0.2, 0.25) is 0 Å². The van der Waals surface area contributed by atoms with E-state index in [-0.39, 0.29) is 28.7 Å². The molecule has 1 unspecified atom stereocenters. The van der Waals surface area contributed by atoms with E-state index in [0.717, 1.165) is 25.7 Å². The summed E-state index contributed by atoms with van der Waals surface area (Å²) >= 11 is 0. The largest absolute Gasteiger partial charge is 0.461 e. The van der Waals surface area contributed by atoms with Gasteiger partial charge in [-0.3, -0.25) is 9.71 Å². The maximum Gasteiger partial charge on any atom is 0.331 e. The zero-order valence-electron chi connectivity index (χ0n) is 14.6. The Morgan fingerprint density at radius 1 is 1.28 bits per heavy atom. The quantitative estimate of drug-likeness (QED) is 0.814. The molecule has 1 saturated carbocycles. The Labute approximate surface area is 148 Å². The number of nitrogens with one attached hydrogen (secondary N) is 1. The molecule has 1 N–H and O–H groups in total. The van der Waals surface area contributed by atoms with Gasteiger partial charge in [0.25, 0.3) is 10.0 Å². The molecule has 136 valence electrons. The highest BCUT2D eigenvalue weighted by Crippen LogP contribution is 2.25. The molecule has 1 aliphatic carbocycles. The molecule has 0 spiro atoms. The third-order valence-corrected chi connectivity index (χ3v) is 5.90. The molecule has 1 aromatic rings. The molecule has 1 fully saturated rings. The molecule has 1 heterocycles. The van der Waals surface area contributed by atoms with Gasteiger partial charge in [-0.15, -0.1) is 0 Å². The number of aliphatic imine (C=N–C) groups is 1. The summed E-state index contributed by atoms with van der Waals surface area (Å²) in [5, 5.41) is 0. The Morgan fingerprint density at radius 2 is 1.96 bits per heavy atom. The van der Waals surface area contributed by atoms with Crippen LogP contribution < -0.4 is 4.72 Å². The first-order chi connectivity index (χ1) is 11.9. The van der Waals surface area contributed by atoms with Crippen LogP contribution in [0.3, 0.4) is 0 Å². The van der Waals surface area contributed by atoms with Crippen molar-refractivity contribution >= 4 is 21.8 Å². The second-order valence-electron chi connectivity index (χ2n) is 7.07. The Bertz CT molecular complexity index is 780. The van der Waals surface area contributed by atoms with Crippen molar-refractivity contribution in [1.82, 2.24) is 4.72 Å². The number of carbonyl (C=O) groups excluding carboxylic acids is 1. The normalized spacial score (nSPS) is 22.0. The number of hydrogen-bond donors (Lipinski definition) is 1. The summed E-state index contributed by atoms with van der Waals surface area (Å²) in [5.74, 6) is 0.0973. The topological polar surface area (TPSA) is 84.8 Å². The molecular formula is C18H24N2O4S. The average Bonchev–Trinajstić information content (AvgIpc) is 3.13. The standard InChI is InChI=1S/C18H24N2O4S/c1-12(2)11-15(18(21)24-13-7-3-4-8-13)19-17-14-9-5-6-10-16(14)25(22,23)20-17/h5-6,9-10,12-13,15H,3-4,7-8,11H2,1-2H3,(H,19,20). The fraction of sp³-hybridized carbons (Fsp3) is 0.556. The van der Waals surface area contributed by atoms with Gasteiger partial charge in [0.1, 0.15) is 18.0 Å². The molecule has 25 heavy (non-hydrogen) atoms. The van der Waals surface area contributed by atoms with Gasteiger partial charge in [-0.25, -0.2) is 13.2 Å². The number of nitrogens with zero attached hydrogens (tertiary/aromatic N) is 1. The summed E-state index contributed by atoms with van der Waals surface area (Å²) in [6.07, 6.45) is 4.43. The van der Waals surface area contributed by atoms with Crippen molar-refractivity contribution in [2.45, 2.75) is 63.0 Å². The van der Waals surface area contributed by atoms with E-state index in [9.17, 15) is 13.2 Å². The molecule has 2 aliphatic rings. The SMILES string of the molecule is CC(C)CC(N=C1NS(=O)(=O)c2ccccc21)C(=O)OC1CCCC1. The van der Waals surface area contributed by atoms with Crippen molar-refractivity contribution in [1.29, 1.82) is 0 Å². The van der Waals surface area contributed by atoms with Gasteiger partial charge in [-0.05, 0) is 50.2 Å². The molecule has 3 rings (SSSR count). The maximum absolute atomic E-state index is 12.6. The smallest absolute Gasteiger partial charge is 0.331 e. The van der Waals surface area contributed by atoms with Crippen LogP contribution in [0.25, 0.3) is 0 Å². The van der Waals surface area contributed by atoms with Gasteiger partial charge in [0.2, 0.25) is 0 Å². The minimum absolute atomic E-state index is 0.0325. The van der Waals surface area contributed by atoms with Crippen LogP contribution in [0.5, 0.6) is 0 Å². The van der Waals surface area contributed by atoms with Crippen molar-refractivity contribution in [3.05, 3.63) is 29.8 Å². The van der Waals surface area contributed by atoms with E-state index < -0.39 is 16.1 Å². The van der Waals surface area contributed by atoms with E-state index >= 15 is 0 Å².